The van der Waals surface area contributed by atoms with Crippen LogP contribution in [0.5, 0.6) is 0 Å². The summed E-state index contributed by atoms with van der Waals surface area (Å²) in [6.45, 7) is 11.9. The van der Waals surface area contributed by atoms with Gasteiger partial charge in [-0.15, -0.1) is 0 Å². The number of allylic oxidation sites excluding steroid dienone is 3. The van der Waals surface area contributed by atoms with Gasteiger partial charge in [-0.05, 0) is 51.1 Å². The van der Waals surface area contributed by atoms with Gasteiger partial charge in [0, 0.05) is 26.0 Å². The number of piperidine rings is 1. The van der Waals surface area contributed by atoms with Crippen LogP contribution in [-0.2, 0) is 0 Å². The van der Waals surface area contributed by atoms with Crippen molar-refractivity contribution in [1.82, 2.24) is 10.2 Å². The summed E-state index contributed by atoms with van der Waals surface area (Å²) in [7, 11) is 0. The summed E-state index contributed by atoms with van der Waals surface area (Å²) in [5.41, 5.74) is 1.95. The van der Waals surface area contributed by atoms with Crippen molar-refractivity contribution in [2.45, 2.75) is 46.1 Å². The second-order valence-electron chi connectivity index (χ2n) is 7.60. The lowest BCUT2D eigenvalue weighted by atomic mass is 9.92. The molecule has 0 bridgehead atoms. The Morgan fingerprint density at radius 1 is 1.40 bits per heavy atom. The lowest BCUT2D eigenvalue weighted by molar-refractivity contribution is 0.124. The second kappa shape index (κ2) is 5.65. The summed E-state index contributed by atoms with van der Waals surface area (Å²) < 4.78 is 0. The van der Waals surface area contributed by atoms with Crippen molar-refractivity contribution < 1.29 is 1.43 Å². The second-order valence-corrected chi connectivity index (χ2v) is 7.60. The highest BCUT2D eigenvalue weighted by Gasteiger charge is 2.53. The van der Waals surface area contributed by atoms with E-state index in [0.717, 1.165) is 17.9 Å². The van der Waals surface area contributed by atoms with Crippen LogP contribution >= 0.6 is 0 Å². The predicted molar refractivity (Wildman–Crippen MR) is 87.9 cm³/mol. The van der Waals surface area contributed by atoms with Gasteiger partial charge in [-0.2, -0.15) is 0 Å². The first-order valence-corrected chi connectivity index (χ1v) is 8.41. The van der Waals surface area contributed by atoms with E-state index in [1.165, 1.54) is 51.0 Å². The topological polar surface area (TPSA) is 15.3 Å². The fourth-order valence-electron chi connectivity index (χ4n) is 4.13. The molecular weight excluding hydrogens is 244 g/mol. The van der Waals surface area contributed by atoms with Crippen molar-refractivity contribution in [1.29, 1.82) is 0 Å². The van der Waals surface area contributed by atoms with Gasteiger partial charge in [-0.1, -0.05) is 37.6 Å². The Hall–Kier alpha value is -0.600. The fourth-order valence-corrected chi connectivity index (χ4v) is 4.13. The minimum atomic E-state index is 0. The van der Waals surface area contributed by atoms with E-state index in [-0.39, 0.29) is 1.43 Å². The molecule has 1 saturated heterocycles. The van der Waals surface area contributed by atoms with E-state index in [1.54, 1.807) is 0 Å². The van der Waals surface area contributed by atoms with Crippen molar-refractivity contribution in [3.63, 3.8) is 0 Å². The van der Waals surface area contributed by atoms with E-state index in [4.69, 9.17) is 0 Å². The molecule has 3 rings (SSSR count). The summed E-state index contributed by atoms with van der Waals surface area (Å²) >= 11 is 0. The van der Waals surface area contributed by atoms with Crippen LogP contribution in [0.15, 0.2) is 23.8 Å². The van der Waals surface area contributed by atoms with Crippen LogP contribution in [0.1, 0.15) is 41.5 Å². The number of hydrogen-bond donors (Lipinski definition) is 1. The normalized spacial score (nSPS) is 33.5. The summed E-state index contributed by atoms with van der Waals surface area (Å²) in [5, 5.41) is 3.50. The van der Waals surface area contributed by atoms with Gasteiger partial charge in [-0.3, -0.25) is 4.90 Å². The molecule has 2 fully saturated rings. The highest BCUT2D eigenvalue weighted by molar-refractivity contribution is 5.35. The van der Waals surface area contributed by atoms with Gasteiger partial charge in [0.15, 0.2) is 0 Å². The third-order valence-corrected chi connectivity index (χ3v) is 5.21. The van der Waals surface area contributed by atoms with Gasteiger partial charge in [0.1, 0.15) is 0 Å². The lowest BCUT2D eigenvalue weighted by Crippen LogP contribution is -2.47. The van der Waals surface area contributed by atoms with Crippen LogP contribution in [0.4, 0.5) is 0 Å². The van der Waals surface area contributed by atoms with E-state index >= 15 is 0 Å². The maximum atomic E-state index is 3.50. The summed E-state index contributed by atoms with van der Waals surface area (Å²) in [4.78, 5) is 2.81. The van der Waals surface area contributed by atoms with E-state index in [0.29, 0.717) is 5.41 Å². The summed E-state index contributed by atoms with van der Waals surface area (Å²) in [6, 6.07) is 0.800. The molecule has 20 heavy (non-hydrogen) atoms. The van der Waals surface area contributed by atoms with E-state index < -0.39 is 0 Å². The molecule has 2 atom stereocenters. The van der Waals surface area contributed by atoms with Crippen LogP contribution in [0.3, 0.4) is 0 Å². The predicted octanol–water partition coefficient (Wildman–Crippen LogP) is 3.46. The molecular formula is C18H32N2. The first-order valence-electron chi connectivity index (χ1n) is 8.41. The zero-order valence-corrected chi connectivity index (χ0v) is 13.4. The molecule has 0 amide bonds. The zero-order chi connectivity index (χ0) is 14.2. The maximum absolute atomic E-state index is 3.50. The number of rotatable bonds is 5. The lowest BCUT2D eigenvalue weighted by Gasteiger charge is -2.38. The van der Waals surface area contributed by atoms with Crippen molar-refractivity contribution in [3.05, 3.63) is 23.8 Å². The third kappa shape index (κ3) is 3.01. The molecule has 1 aliphatic heterocycles. The molecule has 0 spiro atoms. The van der Waals surface area contributed by atoms with Gasteiger partial charge in [0.2, 0.25) is 0 Å². The third-order valence-electron chi connectivity index (χ3n) is 5.21. The van der Waals surface area contributed by atoms with E-state index in [2.05, 4.69) is 49.2 Å². The van der Waals surface area contributed by atoms with Crippen LogP contribution < -0.4 is 5.32 Å². The Labute approximate surface area is 125 Å². The molecule has 0 radical (unpaired) electrons. The largest absolute Gasteiger partial charge is 0.317 e. The van der Waals surface area contributed by atoms with E-state index in [1.807, 2.05) is 0 Å². The van der Waals surface area contributed by atoms with E-state index in [9.17, 15) is 0 Å². The molecule has 114 valence electrons. The quantitative estimate of drug-likeness (QED) is 0.827. The molecule has 1 saturated carbocycles. The van der Waals surface area contributed by atoms with Gasteiger partial charge < -0.3 is 5.32 Å². The highest BCUT2D eigenvalue weighted by Crippen LogP contribution is 2.57. The molecule has 0 aromatic heterocycles. The Bertz CT molecular complexity index is 409. The molecule has 0 aromatic carbocycles. The van der Waals surface area contributed by atoms with Crippen molar-refractivity contribution in [2.75, 3.05) is 26.2 Å². The molecule has 0 aromatic rings. The first-order chi connectivity index (χ1) is 9.59. The van der Waals surface area contributed by atoms with Crippen LogP contribution in [-0.4, -0.2) is 37.1 Å². The van der Waals surface area contributed by atoms with Gasteiger partial charge in [-0.25, -0.2) is 0 Å². The number of fused-ring (bicyclic) bond motifs is 1. The molecule has 2 aliphatic carbocycles. The standard InChI is InChI=1S/C18H30N2.H2/c1-14(2)12-20(17-6-8-19-9-7-17)13-18-10-15(3)4-5-16(18)11-18;/h4-5,10,14,16-17,19H,6-9,11-13H2,1-3H3;1H. The van der Waals surface area contributed by atoms with Crippen LogP contribution in [0.25, 0.3) is 0 Å². The summed E-state index contributed by atoms with van der Waals surface area (Å²) in [6.07, 6.45) is 11.4. The highest BCUT2D eigenvalue weighted by atomic mass is 15.2. The minimum absolute atomic E-state index is 0. The molecule has 3 aliphatic rings. The maximum Gasteiger partial charge on any atom is 0.0120 e. The molecule has 2 unspecified atom stereocenters. The molecule has 2 nitrogen and oxygen atoms in total. The zero-order valence-electron chi connectivity index (χ0n) is 13.4. The number of hydrogen-bond acceptors (Lipinski definition) is 2. The van der Waals surface area contributed by atoms with Crippen molar-refractivity contribution in [2.24, 2.45) is 17.3 Å². The Kier molecular flexibility index (Phi) is 4.05. The Balaban J connectivity index is 0.00000161. The van der Waals surface area contributed by atoms with Crippen molar-refractivity contribution in [3.8, 4) is 0 Å². The Morgan fingerprint density at radius 2 is 2.15 bits per heavy atom. The number of nitrogens with zero attached hydrogens (tertiary/aromatic N) is 1. The summed E-state index contributed by atoms with van der Waals surface area (Å²) in [5.74, 6) is 1.59. The monoisotopic (exact) mass is 276 g/mol. The van der Waals surface area contributed by atoms with Crippen LogP contribution in [0.2, 0.25) is 0 Å². The smallest absolute Gasteiger partial charge is 0.0120 e. The van der Waals surface area contributed by atoms with Crippen molar-refractivity contribution >= 4 is 0 Å². The molecule has 2 heteroatoms. The molecule has 1 N–H and O–H groups in total. The first kappa shape index (κ1) is 14.3. The van der Waals surface area contributed by atoms with Gasteiger partial charge >= 0.3 is 0 Å². The van der Waals surface area contributed by atoms with Gasteiger partial charge in [0.05, 0.1) is 0 Å². The fraction of sp³-hybridized carbons (Fsp3) is 0.778. The average molecular weight is 276 g/mol. The minimum Gasteiger partial charge on any atom is -0.317 e. The number of nitrogens with one attached hydrogen (secondary N) is 1. The Morgan fingerprint density at radius 3 is 2.85 bits per heavy atom. The molecule has 1 heterocycles. The average Bonchev–Trinajstić information content (AvgIpc) is 3.11. The van der Waals surface area contributed by atoms with Crippen LogP contribution in [0, 0.1) is 17.3 Å². The van der Waals surface area contributed by atoms with Gasteiger partial charge in [0.25, 0.3) is 0 Å². The SMILES string of the molecule is CC1=CC2(CN(CC(C)C)C3CCNCC3)CC2C=C1.[HH].